The third kappa shape index (κ3) is 3.96. The minimum absolute atomic E-state index is 0.0222. The number of carbonyl (C=O) groups is 1. The second-order valence-corrected chi connectivity index (χ2v) is 5.24. The molecular weight excluding hydrogens is 296 g/mol. The SMILES string of the molecule is CCOc1cc2c(CC(=O)O)cn(CCCN)c2cc1OCC. The Kier molecular flexibility index (Phi) is 5.87. The summed E-state index contributed by atoms with van der Waals surface area (Å²) in [5, 5.41) is 10.0. The van der Waals surface area contributed by atoms with Crippen molar-refractivity contribution in [2.45, 2.75) is 33.2 Å². The highest BCUT2D eigenvalue weighted by atomic mass is 16.5. The average Bonchev–Trinajstić information content (AvgIpc) is 2.82. The Bertz CT molecular complexity index is 679. The third-order valence-electron chi connectivity index (χ3n) is 3.57. The summed E-state index contributed by atoms with van der Waals surface area (Å²) >= 11 is 0. The molecule has 126 valence electrons. The molecule has 0 atom stereocenters. The molecule has 1 aromatic carbocycles. The van der Waals surface area contributed by atoms with Crippen LogP contribution in [0.2, 0.25) is 0 Å². The molecule has 0 amide bonds. The van der Waals surface area contributed by atoms with Gasteiger partial charge in [0.2, 0.25) is 0 Å². The first-order valence-corrected chi connectivity index (χ1v) is 7.93. The zero-order chi connectivity index (χ0) is 16.8. The predicted octanol–water partition coefficient (Wildman–Crippen LogP) is 2.41. The van der Waals surface area contributed by atoms with Crippen LogP contribution in [0.25, 0.3) is 10.9 Å². The number of carboxylic acids is 1. The summed E-state index contributed by atoms with van der Waals surface area (Å²) in [6.07, 6.45) is 2.69. The minimum atomic E-state index is -0.852. The molecule has 0 unspecified atom stereocenters. The molecule has 6 nitrogen and oxygen atoms in total. The van der Waals surface area contributed by atoms with Crippen molar-refractivity contribution in [2.75, 3.05) is 19.8 Å². The van der Waals surface area contributed by atoms with Crippen molar-refractivity contribution in [3.8, 4) is 11.5 Å². The maximum absolute atomic E-state index is 11.1. The molecular formula is C17H24N2O4. The number of ether oxygens (including phenoxy) is 2. The lowest BCUT2D eigenvalue weighted by molar-refractivity contribution is -0.136. The van der Waals surface area contributed by atoms with Gasteiger partial charge in [-0.1, -0.05) is 0 Å². The van der Waals surface area contributed by atoms with Gasteiger partial charge >= 0.3 is 5.97 Å². The van der Waals surface area contributed by atoms with Gasteiger partial charge in [0.05, 0.1) is 25.2 Å². The number of hydrogen-bond acceptors (Lipinski definition) is 4. The van der Waals surface area contributed by atoms with Gasteiger partial charge < -0.3 is 24.9 Å². The molecule has 0 saturated carbocycles. The summed E-state index contributed by atoms with van der Waals surface area (Å²) in [6.45, 7) is 6.22. The van der Waals surface area contributed by atoms with Crippen molar-refractivity contribution in [3.05, 3.63) is 23.9 Å². The summed E-state index contributed by atoms with van der Waals surface area (Å²) in [5.74, 6) is 0.468. The summed E-state index contributed by atoms with van der Waals surface area (Å²) in [4.78, 5) is 11.1. The van der Waals surface area contributed by atoms with E-state index in [-0.39, 0.29) is 6.42 Å². The molecule has 0 aliphatic heterocycles. The minimum Gasteiger partial charge on any atom is -0.490 e. The van der Waals surface area contributed by atoms with Gasteiger partial charge in [0.25, 0.3) is 0 Å². The lowest BCUT2D eigenvalue weighted by Gasteiger charge is -2.12. The number of aliphatic carboxylic acids is 1. The maximum Gasteiger partial charge on any atom is 0.307 e. The Morgan fingerprint density at radius 1 is 1.22 bits per heavy atom. The fourth-order valence-electron chi connectivity index (χ4n) is 2.66. The number of hydrogen-bond donors (Lipinski definition) is 2. The van der Waals surface area contributed by atoms with Crippen LogP contribution in [0, 0.1) is 0 Å². The first-order chi connectivity index (χ1) is 11.1. The van der Waals surface area contributed by atoms with E-state index >= 15 is 0 Å². The maximum atomic E-state index is 11.1. The number of nitrogens with two attached hydrogens (primary N) is 1. The van der Waals surface area contributed by atoms with Crippen LogP contribution in [0.4, 0.5) is 0 Å². The van der Waals surface area contributed by atoms with Crippen molar-refractivity contribution in [1.29, 1.82) is 0 Å². The molecule has 2 rings (SSSR count). The van der Waals surface area contributed by atoms with E-state index in [1.54, 1.807) is 0 Å². The molecule has 0 fully saturated rings. The standard InChI is InChI=1S/C17H24N2O4/c1-3-22-15-9-13-12(8-17(20)21)11-19(7-5-6-18)14(13)10-16(15)23-4-2/h9-11H,3-8,18H2,1-2H3,(H,20,21). The van der Waals surface area contributed by atoms with E-state index in [9.17, 15) is 4.79 Å². The number of nitrogens with zero attached hydrogens (tertiary/aromatic N) is 1. The molecule has 23 heavy (non-hydrogen) atoms. The van der Waals surface area contributed by atoms with Crippen LogP contribution in [0.1, 0.15) is 25.8 Å². The van der Waals surface area contributed by atoms with Crippen molar-refractivity contribution in [2.24, 2.45) is 5.73 Å². The Hall–Kier alpha value is -2.21. The largest absolute Gasteiger partial charge is 0.490 e. The van der Waals surface area contributed by atoms with Gasteiger partial charge in [-0.15, -0.1) is 0 Å². The van der Waals surface area contributed by atoms with Crippen molar-refractivity contribution in [1.82, 2.24) is 4.57 Å². The molecule has 1 aromatic heterocycles. The number of aromatic nitrogens is 1. The smallest absolute Gasteiger partial charge is 0.307 e. The van der Waals surface area contributed by atoms with Gasteiger partial charge in [-0.25, -0.2) is 0 Å². The topological polar surface area (TPSA) is 86.7 Å². The highest BCUT2D eigenvalue weighted by molar-refractivity contribution is 5.90. The second-order valence-electron chi connectivity index (χ2n) is 5.24. The molecule has 2 aromatic rings. The highest BCUT2D eigenvalue weighted by Gasteiger charge is 2.16. The first-order valence-electron chi connectivity index (χ1n) is 7.93. The second kappa shape index (κ2) is 7.87. The van der Waals surface area contributed by atoms with Crippen LogP contribution >= 0.6 is 0 Å². The lowest BCUT2D eigenvalue weighted by atomic mass is 10.1. The van der Waals surface area contributed by atoms with Crippen LogP contribution < -0.4 is 15.2 Å². The van der Waals surface area contributed by atoms with Crippen molar-refractivity contribution in [3.63, 3.8) is 0 Å². The Morgan fingerprint density at radius 2 is 1.87 bits per heavy atom. The van der Waals surface area contributed by atoms with Crippen molar-refractivity contribution >= 4 is 16.9 Å². The lowest BCUT2D eigenvalue weighted by Crippen LogP contribution is -2.05. The molecule has 6 heteroatoms. The fraction of sp³-hybridized carbons (Fsp3) is 0.471. The van der Waals surface area contributed by atoms with Gasteiger partial charge in [-0.2, -0.15) is 0 Å². The molecule has 0 saturated heterocycles. The summed E-state index contributed by atoms with van der Waals surface area (Å²) in [7, 11) is 0. The number of rotatable bonds is 9. The van der Waals surface area contributed by atoms with Gasteiger partial charge in [0.1, 0.15) is 0 Å². The van der Waals surface area contributed by atoms with Gasteiger partial charge in [0.15, 0.2) is 11.5 Å². The molecule has 3 N–H and O–H groups in total. The van der Waals surface area contributed by atoms with E-state index in [4.69, 9.17) is 20.3 Å². The zero-order valence-electron chi connectivity index (χ0n) is 13.7. The summed E-state index contributed by atoms with van der Waals surface area (Å²) < 4.78 is 13.4. The normalized spacial score (nSPS) is 10.9. The third-order valence-corrected chi connectivity index (χ3v) is 3.57. The Labute approximate surface area is 135 Å². The van der Waals surface area contributed by atoms with Crippen LogP contribution in [-0.2, 0) is 17.8 Å². The van der Waals surface area contributed by atoms with E-state index in [1.165, 1.54) is 0 Å². The summed E-state index contributed by atoms with van der Waals surface area (Å²) in [6, 6.07) is 3.80. The molecule has 0 aliphatic rings. The number of benzene rings is 1. The van der Waals surface area contributed by atoms with E-state index < -0.39 is 5.97 Å². The quantitative estimate of drug-likeness (QED) is 0.741. The average molecular weight is 320 g/mol. The monoisotopic (exact) mass is 320 g/mol. The van der Waals surface area contributed by atoms with Crippen molar-refractivity contribution < 1.29 is 19.4 Å². The highest BCUT2D eigenvalue weighted by Crippen LogP contribution is 2.35. The number of aryl methyl sites for hydroxylation is 1. The van der Waals surface area contributed by atoms with Gasteiger partial charge in [-0.05, 0) is 38.4 Å². The molecule has 0 radical (unpaired) electrons. The van der Waals surface area contributed by atoms with Gasteiger partial charge in [-0.3, -0.25) is 4.79 Å². The number of carboxylic acid groups (broad SMARTS) is 1. The molecule has 1 heterocycles. The zero-order valence-corrected chi connectivity index (χ0v) is 13.7. The first kappa shape index (κ1) is 17.1. The summed E-state index contributed by atoms with van der Waals surface area (Å²) in [5.41, 5.74) is 7.31. The number of fused-ring (bicyclic) bond motifs is 1. The van der Waals surface area contributed by atoms with Gasteiger partial charge in [0, 0.05) is 24.2 Å². The van der Waals surface area contributed by atoms with Crippen LogP contribution in [0.3, 0.4) is 0 Å². The molecule has 0 bridgehead atoms. The Balaban J connectivity index is 2.57. The van der Waals surface area contributed by atoms with E-state index in [2.05, 4.69) is 0 Å². The molecule has 0 spiro atoms. The molecule has 0 aliphatic carbocycles. The van der Waals surface area contributed by atoms with Crippen LogP contribution in [0.15, 0.2) is 18.3 Å². The Morgan fingerprint density at radius 3 is 2.43 bits per heavy atom. The van der Waals surface area contributed by atoms with E-state index in [0.29, 0.717) is 31.3 Å². The van der Waals surface area contributed by atoms with E-state index in [1.807, 2.05) is 36.7 Å². The fourth-order valence-corrected chi connectivity index (χ4v) is 2.66. The predicted molar refractivity (Wildman–Crippen MR) is 89.3 cm³/mol. The van der Waals surface area contributed by atoms with Crippen LogP contribution in [0.5, 0.6) is 11.5 Å². The van der Waals surface area contributed by atoms with E-state index in [0.717, 1.165) is 29.4 Å². The van der Waals surface area contributed by atoms with Crippen LogP contribution in [-0.4, -0.2) is 35.4 Å².